The minimum Gasteiger partial charge on any atom is -0.381 e. The van der Waals surface area contributed by atoms with E-state index in [2.05, 4.69) is 5.32 Å². The van der Waals surface area contributed by atoms with E-state index < -0.39 is 0 Å². The van der Waals surface area contributed by atoms with Gasteiger partial charge in [-0.05, 0) is 43.9 Å². The first-order valence-electron chi connectivity index (χ1n) is 8.14. The number of ether oxygens (including phenoxy) is 1. The minimum absolute atomic E-state index is 0.00188. The maximum absolute atomic E-state index is 12.7. The number of urea groups is 1. The first-order valence-corrected chi connectivity index (χ1v) is 8.90. The fourth-order valence-corrected chi connectivity index (χ4v) is 3.23. The molecule has 3 rings (SSSR count). The molecular weight excluding hydrogens is 335 g/mol. The highest BCUT2D eigenvalue weighted by Crippen LogP contribution is 2.30. The van der Waals surface area contributed by atoms with E-state index in [-0.39, 0.29) is 12.1 Å². The summed E-state index contributed by atoms with van der Waals surface area (Å²) < 4.78 is 5.43. The van der Waals surface area contributed by atoms with Crippen LogP contribution in [0.25, 0.3) is 0 Å². The predicted octanol–water partition coefficient (Wildman–Crippen LogP) is 4.26. The number of carbonyl (C=O) groups is 1. The topological polar surface area (TPSA) is 41.6 Å². The number of nitrogens with zero attached hydrogens (tertiary/aromatic N) is 1. The third-order valence-corrected chi connectivity index (χ3v) is 5.25. The summed E-state index contributed by atoms with van der Waals surface area (Å²) in [5, 5.41) is 4.11. The molecule has 2 fully saturated rings. The van der Waals surface area contributed by atoms with Crippen LogP contribution in [0.15, 0.2) is 18.2 Å². The average molecular weight is 357 g/mol. The lowest BCUT2D eigenvalue weighted by atomic mass is 10.1. The number of amides is 2. The molecule has 2 atom stereocenters. The summed E-state index contributed by atoms with van der Waals surface area (Å²) in [4.78, 5) is 14.6. The second-order valence-electron chi connectivity index (χ2n) is 6.46. The third-order valence-electron chi connectivity index (χ3n) is 4.51. The van der Waals surface area contributed by atoms with Crippen molar-refractivity contribution in [3.8, 4) is 0 Å². The molecule has 2 aliphatic rings. The van der Waals surface area contributed by atoms with Crippen LogP contribution >= 0.6 is 23.2 Å². The van der Waals surface area contributed by atoms with Gasteiger partial charge in [0.05, 0.1) is 22.7 Å². The van der Waals surface area contributed by atoms with Crippen molar-refractivity contribution < 1.29 is 9.53 Å². The SMILES string of the molecule is CC(NC(=O)N(CC1CCOC1)C1CC1)c1ccc(Cl)c(Cl)c1. The summed E-state index contributed by atoms with van der Waals surface area (Å²) in [6.45, 7) is 4.31. The molecule has 23 heavy (non-hydrogen) atoms. The highest BCUT2D eigenvalue weighted by molar-refractivity contribution is 6.42. The molecule has 6 heteroatoms. The zero-order chi connectivity index (χ0) is 16.4. The van der Waals surface area contributed by atoms with Crippen LogP contribution in [0, 0.1) is 5.92 Å². The van der Waals surface area contributed by atoms with Gasteiger partial charge in [0.15, 0.2) is 0 Å². The molecule has 0 aromatic heterocycles. The van der Waals surface area contributed by atoms with Crippen molar-refractivity contribution in [2.75, 3.05) is 19.8 Å². The van der Waals surface area contributed by atoms with Crippen LogP contribution in [0.4, 0.5) is 4.79 Å². The second kappa shape index (κ2) is 7.29. The lowest BCUT2D eigenvalue weighted by Crippen LogP contribution is -2.44. The summed E-state index contributed by atoms with van der Waals surface area (Å²) in [6.07, 6.45) is 3.24. The van der Waals surface area contributed by atoms with E-state index in [1.165, 1.54) is 0 Å². The van der Waals surface area contributed by atoms with Crippen LogP contribution in [0.5, 0.6) is 0 Å². The molecule has 1 heterocycles. The van der Waals surface area contributed by atoms with Crippen molar-refractivity contribution in [2.45, 2.75) is 38.3 Å². The van der Waals surface area contributed by atoms with E-state index in [0.717, 1.165) is 44.6 Å². The summed E-state index contributed by atoms with van der Waals surface area (Å²) in [5.74, 6) is 0.460. The Balaban J connectivity index is 1.62. The molecule has 4 nitrogen and oxygen atoms in total. The van der Waals surface area contributed by atoms with E-state index in [0.29, 0.717) is 22.0 Å². The van der Waals surface area contributed by atoms with E-state index >= 15 is 0 Å². The average Bonchev–Trinajstić information content (AvgIpc) is 3.23. The number of carbonyl (C=O) groups excluding carboxylic acids is 1. The van der Waals surface area contributed by atoms with Crippen LogP contribution in [0.1, 0.15) is 37.8 Å². The molecule has 126 valence electrons. The standard InChI is InChI=1S/C17H22Cl2N2O2/c1-11(13-2-5-15(18)16(19)8-13)20-17(22)21(14-3-4-14)9-12-6-7-23-10-12/h2,5,8,11-12,14H,3-4,6-7,9-10H2,1H3,(H,20,22). The van der Waals surface area contributed by atoms with Crippen molar-refractivity contribution >= 4 is 29.2 Å². The van der Waals surface area contributed by atoms with Gasteiger partial charge in [-0.2, -0.15) is 0 Å². The van der Waals surface area contributed by atoms with Crippen molar-refractivity contribution in [1.82, 2.24) is 10.2 Å². The number of benzene rings is 1. The Labute approximate surface area is 147 Å². The summed E-state index contributed by atoms with van der Waals surface area (Å²) in [7, 11) is 0. The normalized spacial score (nSPS) is 22.0. The summed E-state index contributed by atoms with van der Waals surface area (Å²) >= 11 is 12.0. The molecule has 1 saturated carbocycles. The van der Waals surface area contributed by atoms with Crippen LogP contribution in [0.3, 0.4) is 0 Å². The minimum atomic E-state index is -0.113. The van der Waals surface area contributed by atoms with E-state index in [1.54, 1.807) is 12.1 Å². The third kappa shape index (κ3) is 4.31. The van der Waals surface area contributed by atoms with Gasteiger partial charge in [0, 0.05) is 25.1 Å². The highest BCUT2D eigenvalue weighted by atomic mass is 35.5. The van der Waals surface area contributed by atoms with Crippen LogP contribution < -0.4 is 5.32 Å². The monoisotopic (exact) mass is 356 g/mol. The zero-order valence-corrected chi connectivity index (χ0v) is 14.7. The Hall–Kier alpha value is -0.970. The predicted molar refractivity (Wildman–Crippen MR) is 92.1 cm³/mol. The van der Waals surface area contributed by atoms with Crippen LogP contribution in [-0.4, -0.2) is 36.7 Å². The van der Waals surface area contributed by atoms with Crippen molar-refractivity contribution in [1.29, 1.82) is 0 Å². The van der Waals surface area contributed by atoms with Gasteiger partial charge in [0.2, 0.25) is 0 Å². The lowest BCUT2D eigenvalue weighted by Gasteiger charge is -2.27. The fraction of sp³-hybridized carbons (Fsp3) is 0.588. The van der Waals surface area contributed by atoms with Crippen molar-refractivity contribution in [2.24, 2.45) is 5.92 Å². The first-order chi connectivity index (χ1) is 11.0. The van der Waals surface area contributed by atoms with E-state index in [9.17, 15) is 4.79 Å². The van der Waals surface area contributed by atoms with Gasteiger partial charge in [-0.25, -0.2) is 4.79 Å². The lowest BCUT2D eigenvalue weighted by molar-refractivity contribution is 0.161. The molecule has 1 aliphatic heterocycles. The Morgan fingerprint density at radius 3 is 2.74 bits per heavy atom. The Morgan fingerprint density at radius 1 is 1.35 bits per heavy atom. The zero-order valence-electron chi connectivity index (χ0n) is 13.2. The summed E-state index contributed by atoms with van der Waals surface area (Å²) in [5.41, 5.74) is 0.952. The van der Waals surface area contributed by atoms with E-state index in [1.807, 2.05) is 17.9 Å². The van der Waals surface area contributed by atoms with Gasteiger partial charge in [-0.1, -0.05) is 29.3 Å². The van der Waals surface area contributed by atoms with Gasteiger partial charge < -0.3 is 15.0 Å². The molecular formula is C17H22Cl2N2O2. The first kappa shape index (κ1) is 16.9. The second-order valence-corrected chi connectivity index (χ2v) is 7.27. The quantitative estimate of drug-likeness (QED) is 0.855. The largest absolute Gasteiger partial charge is 0.381 e. The molecule has 0 radical (unpaired) electrons. The van der Waals surface area contributed by atoms with Crippen LogP contribution in [0.2, 0.25) is 10.0 Å². The fourth-order valence-electron chi connectivity index (χ4n) is 2.92. The number of nitrogens with one attached hydrogen (secondary N) is 1. The van der Waals surface area contributed by atoms with Crippen molar-refractivity contribution in [3.63, 3.8) is 0 Å². The maximum Gasteiger partial charge on any atom is 0.318 e. The number of hydrogen-bond donors (Lipinski definition) is 1. The Bertz CT molecular complexity index is 572. The number of halogens is 2. The number of hydrogen-bond acceptors (Lipinski definition) is 2. The molecule has 0 spiro atoms. The van der Waals surface area contributed by atoms with Crippen molar-refractivity contribution in [3.05, 3.63) is 33.8 Å². The van der Waals surface area contributed by atoms with Gasteiger partial charge in [0.1, 0.15) is 0 Å². The van der Waals surface area contributed by atoms with E-state index in [4.69, 9.17) is 27.9 Å². The molecule has 2 amide bonds. The maximum atomic E-state index is 12.7. The molecule has 1 saturated heterocycles. The van der Waals surface area contributed by atoms with Crippen LogP contribution in [-0.2, 0) is 4.74 Å². The molecule has 2 unspecified atom stereocenters. The summed E-state index contributed by atoms with van der Waals surface area (Å²) in [6, 6.07) is 5.73. The van der Waals surface area contributed by atoms with Gasteiger partial charge in [0.25, 0.3) is 0 Å². The van der Waals surface area contributed by atoms with Gasteiger partial charge in [-0.3, -0.25) is 0 Å². The van der Waals surface area contributed by atoms with Gasteiger partial charge >= 0.3 is 6.03 Å². The smallest absolute Gasteiger partial charge is 0.318 e. The molecule has 1 N–H and O–H groups in total. The molecule has 1 aromatic rings. The molecule has 0 bridgehead atoms. The Morgan fingerprint density at radius 2 is 2.13 bits per heavy atom. The Kier molecular flexibility index (Phi) is 5.34. The molecule has 1 aromatic carbocycles. The highest BCUT2D eigenvalue weighted by Gasteiger charge is 2.35. The number of rotatable bonds is 5. The molecule has 1 aliphatic carbocycles. The van der Waals surface area contributed by atoms with Gasteiger partial charge in [-0.15, -0.1) is 0 Å².